The summed E-state index contributed by atoms with van der Waals surface area (Å²) in [5.41, 5.74) is 1.48. The van der Waals surface area contributed by atoms with E-state index in [1.165, 1.54) is 0 Å². The summed E-state index contributed by atoms with van der Waals surface area (Å²) in [6, 6.07) is 14.8. The molecule has 0 aliphatic heterocycles. The van der Waals surface area contributed by atoms with Gasteiger partial charge in [0, 0.05) is 11.1 Å². The van der Waals surface area contributed by atoms with E-state index in [1.807, 2.05) is 43.3 Å². The van der Waals surface area contributed by atoms with Crippen molar-refractivity contribution in [2.24, 2.45) is 0 Å². The highest BCUT2D eigenvalue weighted by Crippen LogP contribution is 2.32. The molecule has 0 N–H and O–H groups in total. The van der Waals surface area contributed by atoms with Crippen molar-refractivity contribution in [1.82, 2.24) is 0 Å². The Balaban J connectivity index is 2.26. The molecule has 2 aromatic carbocycles. The highest BCUT2D eigenvalue weighted by Gasteiger charge is 2.08. The first kappa shape index (κ1) is 14.9. The van der Waals surface area contributed by atoms with Crippen molar-refractivity contribution in [1.29, 1.82) is 0 Å². The highest BCUT2D eigenvalue weighted by molar-refractivity contribution is 6.06. The van der Waals surface area contributed by atoms with Crippen molar-refractivity contribution in [2.45, 2.75) is 6.92 Å². The lowest BCUT2D eigenvalue weighted by Crippen LogP contribution is -1.98. The Bertz CT molecular complexity index is 630. The Morgan fingerprint density at radius 2 is 1.86 bits per heavy atom. The van der Waals surface area contributed by atoms with E-state index < -0.39 is 0 Å². The summed E-state index contributed by atoms with van der Waals surface area (Å²) < 4.78 is 10.9. The standard InChI is InChI=1S/C18H18O3/c1-3-21-18-15(10-7-11-17(18)20-2)12-13-16(19)14-8-5-4-6-9-14/h4-13H,3H2,1-2H3. The average molecular weight is 282 g/mol. The van der Waals surface area contributed by atoms with Gasteiger partial charge in [0.2, 0.25) is 0 Å². The van der Waals surface area contributed by atoms with Crippen LogP contribution in [-0.4, -0.2) is 19.5 Å². The smallest absolute Gasteiger partial charge is 0.185 e. The zero-order chi connectivity index (χ0) is 15.1. The summed E-state index contributed by atoms with van der Waals surface area (Å²) in [6.07, 6.45) is 3.30. The maximum Gasteiger partial charge on any atom is 0.185 e. The molecule has 0 atom stereocenters. The summed E-state index contributed by atoms with van der Waals surface area (Å²) >= 11 is 0. The number of ketones is 1. The van der Waals surface area contributed by atoms with Gasteiger partial charge in [-0.3, -0.25) is 4.79 Å². The van der Waals surface area contributed by atoms with Gasteiger partial charge in [-0.15, -0.1) is 0 Å². The molecule has 0 saturated heterocycles. The normalized spacial score (nSPS) is 10.6. The van der Waals surface area contributed by atoms with E-state index >= 15 is 0 Å². The van der Waals surface area contributed by atoms with Crippen LogP contribution in [0.2, 0.25) is 0 Å². The van der Waals surface area contributed by atoms with E-state index in [4.69, 9.17) is 9.47 Å². The van der Waals surface area contributed by atoms with Crippen LogP contribution >= 0.6 is 0 Å². The fourth-order valence-electron chi connectivity index (χ4n) is 1.99. The van der Waals surface area contributed by atoms with Crippen molar-refractivity contribution in [3.63, 3.8) is 0 Å². The quantitative estimate of drug-likeness (QED) is 0.593. The monoisotopic (exact) mass is 282 g/mol. The van der Waals surface area contributed by atoms with Gasteiger partial charge in [0.05, 0.1) is 13.7 Å². The number of hydrogen-bond donors (Lipinski definition) is 0. The molecule has 0 bridgehead atoms. The number of ether oxygens (including phenoxy) is 2. The van der Waals surface area contributed by atoms with Gasteiger partial charge in [-0.2, -0.15) is 0 Å². The zero-order valence-electron chi connectivity index (χ0n) is 12.2. The number of carbonyl (C=O) groups is 1. The first-order valence-corrected chi connectivity index (χ1v) is 6.83. The molecule has 0 spiro atoms. The lowest BCUT2D eigenvalue weighted by Gasteiger charge is -2.11. The van der Waals surface area contributed by atoms with Gasteiger partial charge in [-0.25, -0.2) is 0 Å². The van der Waals surface area contributed by atoms with E-state index in [1.54, 1.807) is 31.4 Å². The van der Waals surface area contributed by atoms with Crippen LogP contribution < -0.4 is 9.47 Å². The second-order valence-corrected chi connectivity index (χ2v) is 4.38. The molecule has 0 heterocycles. The number of para-hydroxylation sites is 1. The van der Waals surface area contributed by atoms with Gasteiger partial charge in [0.1, 0.15) is 0 Å². The molecule has 108 valence electrons. The van der Waals surface area contributed by atoms with Crippen LogP contribution in [0.1, 0.15) is 22.8 Å². The minimum absolute atomic E-state index is 0.0409. The van der Waals surface area contributed by atoms with E-state index in [2.05, 4.69) is 0 Å². The molecule has 3 heteroatoms. The second-order valence-electron chi connectivity index (χ2n) is 4.38. The minimum Gasteiger partial charge on any atom is -0.493 e. The fourth-order valence-corrected chi connectivity index (χ4v) is 1.99. The topological polar surface area (TPSA) is 35.5 Å². The number of carbonyl (C=O) groups excluding carboxylic acids is 1. The SMILES string of the molecule is CCOc1c(C=CC(=O)c2ccccc2)cccc1OC. The van der Waals surface area contributed by atoms with Crippen molar-refractivity contribution >= 4 is 11.9 Å². The van der Waals surface area contributed by atoms with Crippen LogP contribution in [0.15, 0.2) is 54.6 Å². The Morgan fingerprint density at radius 3 is 2.52 bits per heavy atom. The van der Waals surface area contributed by atoms with Crippen LogP contribution in [0, 0.1) is 0 Å². The van der Waals surface area contributed by atoms with Gasteiger partial charge in [0.15, 0.2) is 17.3 Å². The fraction of sp³-hybridized carbons (Fsp3) is 0.167. The third kappa shape index (κ3) is 3.72. The summed E-state index contributed by atoms with van der Waals surface area (Å²) in [5, 5.41) is 0. The second kappa shape index (κ2) is 7.29. The molecule has 2 aromatic rings. The predicted molar refractivity (Wildman–Crippen MR) is 84.0 cm³/mol. The molecular formula is C18H18O3. The van der Waals surface area contributed by atoms with Gasteiger partial charge in [-0.1, -0.05) is 42.5 Å². The van der Waals surface area contributed by atoms with Crippen LogP contribution in [0.25, 0.3) is 6.08 Å². The predicted octanol–water partition coefficient (Wildman–Crippen LogP) is 3.99. The summed E-state index contributed by atoms with van der Waals surface area (Å²) in [4.78, 5) is 12.1. The van der Waals surface area contributed by atoms with Crippen molar-refractivity contribution in [3.8, 4) is 11.5 Å². The summed E-state index contributed by atoms with van der Waals surface area (Å²) in [7, 11) is 1.60. The maximum atomic E-state index is 12.1. The summed E-state index contributed by atoms with van der Waals surface area (Å²) in [5.74, 6) is 1.27. The van der Waals surface area contributed by atoms with Crippen LogP contribution in [-0.2, 0) is 0 Å². The lowest BCUT2D eigenvalue weighted by molar-refractivity contribution is 0.104. The molecule has 3 nitrogen and oxygen atoms in total. The lowest BCUT2D eigenvalue weighted by atomic mass is 10.1. The maximum absolute atomic E-state index is 12.1. The molecule has 0 aliphatic carbocycles. The zero-order valence-corrected chi connectivity index (χ0v) is 12.2. The molecule has 0 fully saturated rings. The number of allylic oxidation sites excluding steroid dienone is 1. The molecule has 0 saturated carbocycles. The van der Waals surface area contributed by atoms with Crippen molar-refractivity contribution in [2.75, 3.05) is 13.7 Å². The molecular weight excluding hydrogens is 264 g/mol. The van der Waals surface area contributed by atoms with Crippen LogP contribution in [0.4, 0.5) is 0 Å². The highest BCUT2D eigenvalue weighted by atomic mass is 16.5. The minimum atomic E-state index is -0.0409. The van der Waals surface area contributed by atoms with Crippen molar-refractivity contribution in [3.05, 3.63) is 65.7 Å². The molecule has 0 aliphatic rings. The number of methoxy groups -OCH3 is 1. The van der Waals surface area contributed by atoms with Crippen LogP contribution in [0.5, 0.6) is 11.5 Å². The van der Waals surface area contributed by atoms with E-state index in [0.29, 0.717) is 23.7 Å². The Morgan fingerprint density at radius 1 is 1.10 bits per heavy atom. The van der Waals surface area contributed by atoms with E-state index in [-0.39, 0.29) is 5.78 Å². The average Bonchev–Trinajstić information content (AvgIpc) is 2.54. The Labute approximate surface area is 124 Å². The summed E-state index contributed by atoms with van der Waals surface area (Å²) in [6.45, 7) is 2.45. The van der Waals surface area contributed by atoms with Gasteiger partial charge in [-0.05, 0) is 25.1 Å². The van der Waals surface area contributed by atoms with Gasteiger partial charge < -0.3 is 9.47 Å². The van der Waals surface area contributed by atoms with E-state index in [0.717, 1.165) is 5.56 Å². The number of hydrogen-bond acceptors (Lipinski definition) is 3. The molecule has 0 radical (unpaired) electrons. The molecule has 0 amide bonds. The van der Waals surface area contributed by atoms with Crippen molar-refractivity contribution < 1.29 is 14.3 Å². The largest absolute Gasteiger partial charge is 0.493 e. The number of benzene rings is 2. The molecule has 21 heavy (non-hydrogen) atoms. The first-order chi connectivity index (χ1) is 10.3. The third-order valence-electron chi connectivity index (χ3n) is 2.99. The third-order valence-corrected chi connectivity index (χ3v) is 2.99. The molecule has 0 unspecified atom stereocenters. The molecule has 2 rings (SSSR count). The Hall–Kier alpha value is -2.55. The van der Waals surface area contributed by atoms with E-state index in [9.17, 15) is 4.79 Å². The Kier molecular flexibility index (Phi) is 5.16. The number of rotatable bonds is 6. The molecule has 0 aromatic heterocycles. The van der Waals surface area contributed by atoms with Crippen LogP contribution in [0.3, 0.4) is 0 Å². The van der Waals surface area contributed by atoms with Gasteiger partial charge in [0.25, 0.3) is 0 Å². The first-order valence-electron chi connectivity index (χ1n) is 6.83. The van der Waals surface area contributed by atoms with Gasteiger partial charge >= 0.3 is 0 Å².